The number of unbranched alkanes of at least 4 members (excludes halogenated alkanes) is 1. The van der Waals surface area contributed by atoms with E-state index in [-0.39, 0.29) is 12.6 Å². The second-order valence-electron chi connectivity index (χ2n) is 8.09. The van der Waals surface area contributed by atoms with Gasteiger partial charge in [0.25, 0.3) is 5.91 Å². The fraction of sp³-hybridized carbons (Fsp3) is 0.810. The fourth-order valence-electron chi connectivity index (χ4n) is 3.84. The molecule has 0 aromatic rings. The maximum absolute atomic E-state index is 12.8. The van der Waals surface area contributed by atoms with Gasteiger partial charge >= 0.3 is 6.03 Å². The molecule has 1 aliphatic carbocycles. The van der Waals surface area contributed by atoms with Crippen LogP contribution in [0.5, 0.6) is 0 Å². The molecule has 0 radical (unpaired) electrons. The van der Waals surface area contributed by atoms with Gasteiger partial charge in [-0.1, -0.05) is 45.4 Å². The summed E-state index contributed by atoms with van der Waals surface area (Å²) in [5, 5.41) is 7.93. The number of amides is 4. The van der Waals surface area contributed by atoms with Crippen LogP contribution in [0, 0.1) is 5.92 Å². The van der Waals surface area contributed by atoms with Crippen molar-refractivity contribution < 1.29 is 23.9 Å². The molecule has 1 heterocycles. The van der Waals surface area contributed by atoms with Crippen LogP contribution in [-0.4, -0.2) is 74.0 Å². The Morgan fingerprint density at radius 2 is 1.73 bits per heavy atom. The summed E-state index contributed by atoms with van der Waals surface area (Å²) < 4.78 is 5.27. The summed E-state index contributed by atoms with van der Waals surface area (Å²) >= 11 is 0. The molecule has 1 unspecified atom stereocenters. The predicted octanol–water partition coefficient (Wildman–Crippen LogP) is 0.969. The second-order valence-corrected chi connectivity index (χ2v) is 8.09. The molecule has 0 aromatic heterocycles. The average Bonchev–Trinajstić information content (AvgIpc) is 2.78. The zero-order valence-electron chi connectivity index (χ0n) is 18.0. The maximum Gasteiger partial charge on any atom is 0.318 e. The number of carbonyl (C=O) groups is 4. The summed E-state index contributed by atoms with van der Waals surface area (Å²) in [7, 11) is 0. The lowest BCUT2D eigenvalue weighted by atomic mass is 9.84. The van der Waals surface area contributed by atoms with Gasteiger partial charge in [0, 0.05) is 19.6 Å². The quantitative estimate of drug-likeness (QED) is 0.357. The minimum atomic E-state index is -0.723. The number of ether oxygens (including phenoxy) is 1. The van der Waals surface area contributed by atoms with Crippen molar-refractivity contribution in [2.24, 2.45) is 5.92 Å². The third kappa shape index (κ3) is 8.30. The van der Waals surface area contributed by atoms with E-state index >= 15 is 0 Å². The SMILES string of the molecule is CCCCNC(=O)C(=O)CNC(=O)C(CC1CCCCC1)NC(=O)N1CCOCC1. The molecule has 9 heteroatoms. The standard InChI is InChI=1S/C21H36N4O5/c1-2-3-9-22-20(28)18(26)15-23-19(27)17(14-16-7-5-4-6-8-16)24-21(29)25-10-12-30-13-11-25/h16-17H,2-15H2,1H3,(H,22,28)(H,23,27)(H,24,29). The minimum absolute atomic E-state index is 0.294. The first-order valence-electron chi connectivity index (χ1n) is 11.2. The van der Waals surface area contributed by atoms with Crippen LogP contribution in [0.4, 0.5) is 4.79 Å². The van der Waals surface area contributed by atoms with Gasteiger partial charge in [0.05, 0.1) is 19.8 Å². The van der Waals surface area contributed by atoms with E-state index < -0.39 is 23.6 Å². The Bertz CT molecular complexity index is 586. The first-order valence-corrected chi connectivity index (χ1v) is 11.2. The Kier molecular flexibility index (Phi) is 10.6. The second kappa shape index (κ2) is 13.2. The lowest BCUT2D eigenvalue weighted by Crippen LogP contribution is -2.54. The summed E-state index contributed by atoms with van der Waals surface area (Å²) in [5.41, 5.74) is 0. The molecular weight excluding hydrogens is 388 g/mol. The van der Waals surface area contributed by atoms with E-state index in [1.807, 2.05) is 6.92 Å². The minimum Gasteiger partial charge on any atom is -0.378 e. The van der Waals surface area contributed by atoms with Crippen molar-refractivity contribution in [3.05, 3.63) is 0 Å². The van der Waals surface area contributed by atoms with Gasteiger partial charge in [-0.05, 0) is 18.8 Å². The number of urea groups is 1. The molecular formula is C21H36N4O5. The molecule has 2 rings (SSSR count). The average molecular weight is 425 g/mol. The smallest absolute Gasteiger partial charge is 0.318 e. The Balaban J connectivity index is 1.89. The highest BCUT2D eigenvalue weighted by molar-refractivity contribution is 6.37. The van der Waals surface area contributed by atoms with E-state index in [0.29, 0.717) is 45.2 Å². The zero-order valence-corrected chi connectivity index (χ0v) is 18.0. The van der Waals surface area contributed by atoms with Crippen LogP contribution in [0.25, 0.3) is 0 Å². The van der Waals surface area contributed by atoms with E-state index in [4.69, 9.17) is 4.74 Å². The van der Waals surface area contributed by atoms with Crippen molar-refractivity contribution in [1.29, 1.82) is 0 Å². The van der Waals surface area contributed by atoms with Crippen LogP contribution in [0.1, 0.15) is 58.3 Å². The molecule has 1 aliphatic heterocycles. The predicted molar refractivity (Wildman–Crippen MR) is 112 cm³/mol. The Hall–Kier alpha value is -2.16. The summed E-state index contributed by atoms with van der Waals surface area (Å²) in [6.07, 6.45) is 7.79. The number of hydrogen-bond donors (Lipinski definition) is 3. The van der Waals surface area contributed by atoms with Crippen molar-refractivity contribution in [3.63, 3.8) is 0 Å². The normalized spacial score (nSPS) is 18.4. The van der Waals surface area contributed by atoms with Crippen LogP contribution in [-0.2, 0) is 19.1 Å². The van der Waals surface area contributed by atoms with Gasteiger partial charge in [0.15, 0.2) is 0 Å². The van der Waals surface area contributed by atoms with Gasteiger partial charge in [-0.15, -0.1) is 0 Å². The largest absolute Gasteiger partial charge is 0.378 e. The summed E-state index contributed by atoms with van der Waals surface area (Å²) in [6.45, 7) is 4.00. The van der Waals surface area contributed by atoms with Crippen LogP contribution < -0.4 is 16.0 Å². The topological polar surface area (TPSA) is 117 Å². The molecule has 0 spiro atoms. The van der Waals surface area contributed by atoms with Crippen molar-refractivity contribution >= 4 is 23.6 Å². The van der Waals surface area contributed by atoms with E-state index in [2.05, 4.69) is 16.0 Å². The fourth-order valence-corrected chi connectivity index (χ4v) is 3.84. The molecule has 1 saturated heterocycles. The zero-order chi connectivity index (χ0) is 21.8. The first kappa shape index (κ1) is 24.1. The van der Waals surface area contributed by atoms with Gasteiger partial charge < -0.3 is 25.6 Å². The number of nitrogens with zero attached hydrogens (tertiary/aromatic N) is 1. The molecule has 4 amide bonds. The number of carbonyl (C=O) groups excluding carboxylic acids is 4. The van der Waals surface area contributed by atoms with Crippen LogP contribution in [0.15, 0.2) is 0 Å². The monoisotopic (exact) mass is 424 g/mol. The van der Waals surface area contributed by atoms with E-state index in [0.717, 1.165) is 38.5 Å². The van der Waals surface area contributed by atoms with Crippen molar-refractivity contribution in [2.75, 3.05) is 39.4 Å². The molecule has 30 heavy (non-hydrogen) atoms. The lowest BCUT2D eigenvalue weighted by Gasteiger charge is -2.31. The van der Waals surface area contributed by atoms with Gasteiger partial charge in [0.2, 0.25) is 11.7 Å². The molecule has 1 atom stereocenters. The van der Waals surface area contributed by atoms with E-state index in [1.54, 1.807) is 4.90 Å². The molecule has 2 aliphatic rings. The number of ketones is 1. The summed E-state index contributed by atoms with van der Waals surface area (Å²) in [5.74, 6) is -1.43. The van der Waals surface area contributed by atoms with Gasteiger partial charge in [-0.25, -0.2) is 4.79 Å². The molecule has 2 fully saturated rings. The van der Waals surface area contributed by atoms with Crippen LogP contribution >= 0.6 is 0 Å². The Morgan fingerprint density at radius 3 is 2.40 bits per heavy atom. The summed E-state index contributed by atoms with van der Waals surface area (Å²) in [6, 6.07) is -1.02. The Labute approximate surface area is 178 Å². The van der Waals surface area contributed by atoms with Crippen LogP contribution in [0.2, 0.25) is 0 Å². The molecule has 1 saturated carbocycles. The molecule has 170 valence electrons. The van der Waals surface area contributed by atoms with Crippen molar-refractivity contribution in [2.45, 2.75) is 64.3 Å². The Morgan fingerprint density at radius 1 is 1.03 bits per heavy atom. The highest BCUT2D eigenvalue weighted by Crippen LogP contribution is 2.27. The van der Waals surface area contributed by atoms with E-state index in [9.17, 15) is 19.2 Å². The number of hydrogen-bond acceptors (Lipinski definition) is 5. The highest BCUT2D eigenvalue weighted by atomic mass is 16.5. The van der Waals surface area contributed by atoms with Crippen LogP contribution in [0.3, 0.4) is 0 Å². The van der Waals surface area contributed by atoms with Crippen molar-refractivity contribution in [3.8, 4) is 0 Å². The third-order valence-corrected chi connectivity index (χ3v) is 5.70. The lowest BCUT2D eigenvalue weighted by molar-refractivity contribution is -0.138. The maximum atomic E-state index is 12.8. The molecule has 9 nitrogen and oxygen atoms in total. The van der Waals surface area contributed by atoms with Crippen molar-refractivity contribution in [1.82, 2.24) is 20.9 Å². The van der Waals surface area contributed by atoms with Gasteiger partial charge in [0.1, 0.15) is 6.04 Å². The highest BCUT2D eigenvalue weighted by Gasteiger charge is 2.28. The number of rotatable bonds is 10. The molecule has 0 bridgehead atoms. The number of nitrogens with one attached hydrogen (secondary N) is 3. The summed E-state index contributed by atoms with van der Waals surface area (Å²) in [4.78, 5) is 50.8. The number of Topliss-reactive ketones (excluding diaryl/α,β-unsaturated/α-hetero) is 1. The molecule has 0 aromatic carbocycles. The first-order chi connectivity index (χ1) is 14.5. The number of morpholine rings is 1. The third-order valence-electron chi connectivity index (χ3n) is 5.70. The van der Waals surface area contributed by atoms with Gasteiger partial charge in [-0.2, -0.15) is 0 Å². The van der Waals surface area contributed by atoms with Gasteiger partial charge in [-0.3, -0.25) is 14.4 Å². The van der Waals surface area contributed by atoms with E-state index in [1.165, 1.54) is 6.42 Å². The molecule has 3 N–H and O–H groups in total.